The number of aliphatic hydroxyl groups is 1. The molecule has 0 heterocycles. The lowest BCUT2D eigenvalue weighted by molar-refractivity contribution is -0.150. The molecular weight excluding hydrogens is 400 g/mol. The largest absolute Gasteiger partial charge is 0.480 e. The number of carbonyl (C=O) groups excluding carboxylic acids is 2. The van der Waals surface area contributed by atoms with Crippen LogP contribution in [-0.4, -0.2) is 52.0 Å². The van der Waals surface area contributed by atoms with Crippen molar-refractivity contribution in [3.8, 4) is 0 Å². The molecule has 0 aromatic heterocycles. The Balaban J connectivity index is 2.71. The molecule has 8 heteroatoms. The van der Waals surface area contributed by atoms with Gasteiger partial charge in [0.25, 0.3) is 0 Å². The van der Waals surface area contributed by atoms with E-state index >= 15 is 0 Å². The Hall–Kier alpha value is -2.61. The molecule has 31 heavy (non-hydrogen) atoms. The molecule has 1 unspecified atom stereocenters. The van der Waals surface area contributed by atoms with Gasteiger partial charge in [-0.15, -0.1) is 0 Å². The molecule has 0 fully saturated rings. The first-order valence-corrected chi connectivity index (χ1v) is 10.6. The predicted octanol–water partition coefficient (Wildman–Crippen LogP) is 2.88. The lowest BCUT2D eigenvalue weighted by Crippen LogP contribution is -2.57. The lowest BCUT2D eigenvalue weighted by atomic mass is 9.87. The summed E-state index contributed by atoms with van der Waals surface area (Å²) in [5, 5.41) is 24.2. The van der Waals surface area contributed by atoms with E-state index in [1.54, 1.807) is 27.7 Å². The smallest absolute Gasteiger partial charge is 0.407 e. The molecule has 174 valence electrons. The van der Waals surface area contributed by atoms with Crippen molar-refractivity contribution in [1.82, 2.24) is 10.6 Å². The van der Waals surface area contributed by atoms with E-state index in [0.717, 1.165) is 5.56 Å². The summed E-state index contributed by atoms with van der Waals surface area (Å²) in [5.74, 6) is -2.26. The average Bonchev–Trinajstić information content (AvgIpc) is 2.66. The Morgan fingerprint density at radius 2 is 1.71 bits per heavy atom. The summed E-state index contributed by atoms with van der Waals surface area (Å²) in [6, 6.07) is 9.44. The van der Waals surface area contributed by atoms with Crippen LogP contribution < -0.4 is 10.6 Å². The lowest BCUT2D eigenvalue weighted by Gasteiger charge is -2.31. The molecule has 8 nitrogen and oxygen atoms in total. The minimum atomic E-state index is -1.55. The molecule has 0 aliphatic heterocycles. The van der Waals surface area contributed by atoms with Crippen molar-refractivity contribution in [3.05, 3.63) is 35.9 Å². The van der Waals surface area contributed by atoms with Gasteiger partial charge in [-0.05, 0) is 52.5 Å². The van der Waals surface area contributed by atoms with Crippen LogP contribution in [-0.2, 0) is 20.7 Å². The van der Waals surface area contributed by atoms with E-state index in [1.807, 2.05) is 30.3 Å². The number of aliphatic carboxylic acids is 1. The van der Waals surface area contributed by atoms with Crippen LogP contribution in [0.1, 0.15) is 59.4 Å². The maximum absolute atomic E-state index is 12.4. The van der Waals surface area contributed by atoms with Gasteiger partial charge in [-0.2, -0.15) is 0 Å². The zero-order valence-electron chi connectivity index (χ0n) is 19.1. The van der Waals surface area contributed by atoms with E-state index < -0.39 is 35.0 Å². The van der Waals surface area contributed by atoms with Crippen molar-refractivity contribution >= 4 is 18.0 Å². The quantitative estimate of drug-likeness (QED) is 0.423. The third-order valence-electron chi connectivity index (χ3n) is 5.11. The number of amides is 2. The van der Waals surface area contributed by atoms with Gasteiger partial charge in [-0.3, -0.25) is 4.79 Å². The number of aliphatic hydroxyl groups excluding tert-OH is 1. The number of hydrogen-bond acceptors (Lipinski definition) is 5. The second-order valence-electron chi connectivity index (χ2n) is 9.06. The van der Waals surface area contributed by atoms with Crippen LogP contribution >= 0.6 is 0 Å². The first-order valence-electron chi connectivity index (χ1n) is 10.6. The van der Waals surface area contributed by atoms with E-state index in [-0.39, 0.29) is 19.1 Å². The molecule has 1 aromatic carbocycles. The predicted molar refractivity (Wildman–Crippen MR) is 118 cm³/mol. The van der Waals surface area contributed by atoms with Crippen molar-refractivity contribution in [2.45, 2.75) is 77.5 Å². The van der Waals surface area contributed by atoms with Crippen LogP contribution in [0.3, 0.4) is 0 Å². The third-order valence-corrected chi connectivity index (χ3v) is 5.11. The summed E-state index contributed by atoms with van der Waals surface area (Å²) in [5.41, 5.74) is -1.13. The van der Waals surface area contributed by atoms with Crippen molar-refractivity contribution in [1.29, 1.82) is 0 Å². The van der Waals surface area contributed by atoms with Gasteiger partial charge in [0.15, 0.2) is 0 Å². The summed E-state index contributed by atoms with van der Waals surface area (Å²) >= 11 is 0. The third kappa shape index (κ3) is 9.38. The maximum atomic E-state index is 12.4. The highest BCUT2D eigenvalue weighted by Crippen LogP contribution is 2.18. The van der Waals surface area contributed by atoms with Gasteiger partial charge >= 0.3 is 12.1 Å². The topological polar surface area (TPSA) is 125 Å². The number of ether oxygens (including phenoxy) is 1. The van der Waals surface area contributed by atoms with Crippen LogP contribution in [0.2, 0.25) is 0 Å². The summed E-state index contributed by atoms with van der Waals surface area (Å²) in [6.45, 7) is 7.95. The fraction of sp³-hybridized carbons (Fsp3) is 0.609. The van der Waals surface area contributed by atoms with E-state index in [9.17, 15) is 24.6 Å². The van der Waals surface area contributed by atoms with E-state index in [2.05, 4.69) is 10.6 Å². The number of carboxylic acid groups (broad SMARTS) is 1. The summed E-state index contributed by atoms with van der Waals surface area (Å²) in [6.07, 6.45) is 1.12. The minimum Gasteiger partial charge on any atom is -0.480 e. The van der Waals surface area contributed by atoms with Crippen LogP contribution in [0.5, 0.6) is 0 Å². The van der Waals surface area contributed by atoms with Crippen molar-refractivity contribution in [2.75, 3.05) is 6.61 Å². The summed E-state index contributed by atoms with van der Waals surface area (Å²) in [7, 11) is 0. The van der Waals surface area contributed by atoms with E-state index in [0.29, 0.717) is 19.3 Å². The second kappa shape index (κ2) is 11.7. The molecule has 0 saturated carbocycles. The number of alkyl carbamates (subject to hydrolysis) is 1. The molecule has 1 rings (SSSR count). The Bertz CT molecular complexity index is 731. The first-order chi connectivity index (χ1) is 14.4. The van der Waals surface area contributed by atoms with Gasteiger partial charge in [0.05, 0.1) is 0 Å². The summed E-state index contributed by atoms with van der Waals surface area (Å²) in [4.78, 5) is 36.2. The molecule has 0 bridgehead atoms. The standard InChI is InChI=1S/C23H36N2O6/c1-16(15-26)23(5,20(28)29)25-19(27)13-9-12-18(14-17-10-7-6-8-11-17)24-21(30)31-22(2,3)4/h6-8,10-11,16,18,26H,9,12-15H2,1-5H3,(H,24,30)(H,25,27)(H,28,29)/t16?,18-,23+/m0/s1. The minimum absolute atomic E-state index is 0.0995. The molecular formula is C23H36N2O6. The molecule has 0 spiro atoms. The van der Waals surface area contributed by atoms with Crippen molar-refractivity contribution in [3.63, 3.8) is 0 Å². The van der Waals surface area contributed by atoms with Gasteiger partial charge in [-0.25, -0.2) is 9.59 Å². The Labute approximate surface area is 184 Å². The number of hydrogen-bond donors (Lipinski definition) is 4. The maximum Gasteiger partial charge on any atom is 0.407 e. The fourth-order valence-corrected chi connectivity index (χ4v) is 3.03. The van der Waals surface area contributed by atoms with Crippen molar-refractivity contribution < 1.29 is 29.3 Å². The molecule has 2 amide bonds. The number of carboxylic acids is 1. The van der Waals surface area contributed by atoms with Gasteiger partial charge < -0.3 is 25.6 Å². The van der Waals surface area contributed by atoms with Crippen molar-refractivity contribution in [2.24, 2.45) is 5.92 Å². The Morgan fingerprint density at radius 3 is 2.23 bits per heavy atom. The van der Waals surface area contributed by atoms with Crippen LogP contribution in [0, 0.1) is 5.92 Å². The molecule has 0 radical (unpaired) electrons. The zero-order chi connectivity index (χ0) is 23.7. The normalized spacial score (nSPS) is 15.3. The van der Waals surface area contributed by atoms with Gasteiger partial charge in [0.1, 0.15) is 11.1 Å². The first kappa shape index (κ1) is 26.4. The molecule has 0 aliphatic rings. The summed E-state index contributed by atoms with van der Waals surface area (Å²) < 4.78 is 5.35. The second-order valence-corrected chi connectivity index (χ2v) is 9.06. The molecule has 0 aliphatic carbocycles. The van der Waals surface area contributed by atoms with Gasteiger partial charge in [-0.1, -0.05) is 37.3 Å². The Kier molecular flexibility index (Phi) is 9.97. The highest BCUT2D eigenvalue weighted by atomic mass is 16.6. The fourth-order valence-electron chi connectivity index (χ4n) is 3.03. The SMILES string of the molecule is CC(CO)[C@@](C)(NC(=O)CCC[C@@H](Cc1ccccc1)NC(=O)OC(C)(C)C)C(=O)O. The monoisotopic (exact) mass is 436 g/mol. The molecule has 3 atom stereocenters. The average molecular weight is 437 g/mol. The highest BCUT2D eigenvalue weighted by molar-refractivity contribution is 5.86. The zero-order valence-corrected chi connectivity index (χ0v) is 19.1. The number of nitrogens with one attached hydrogen (secondary N) is 2. The highest BCUT2D eigenvalue weighted by Gasteiger charge is 2.40. The van der Waals surface area contributed by atoms with Gasteiger partial charge in [0.2, 0.25) is 5.91 Å². The molecule has 0 saturated heterocycles. The number of benzene rings is 1. The number of rotatable bonds is 11. The van der Waals surface area contributed by atoms with Gasteiger partial charge in [0, 0.05) is 25.0 Å². The Morgan fingerprint density at radius 1 is 1.10 bits per heavy atom. The molecule has 1 aromatic rings. The van der Waals surface area contributed by atoms with Crippen LogP contribution in [0.25, 0.3) is 0 Å². The molecule has 4 N–H and O–H groups in total. The van der Waals surface area contributed by atoms with E-state index in [4.69, 9.17) is 4.74 Å². The van der Waals surface area contributed by atoms with Crippen LogP contribution in [0.15, 0.2) is 30.3 Å². The number of carbonyl (C=O) groups is 3. The van der Waals surface area contributed by atoms with E-state index in [1.165, 1.54) is 6.92 Å². The van der Waals surface area contributed by atoms with Crippen LogP contribution in [0.4, 0.5) is 4.79 Å².